The maximum Gasteiger partial charge on any atom is 0.306 e. The number of hydrogen-bond donors (Lipinski definition) is 2. The van der Waals surface area contributed by atoms with E-state index in [0.29, 0.717) is 23.0 Å². The van der Waals surface area contributed by atoms with Crippen LogP contribution < -0.4 is 9.62 Å². The second kappa shape index (κ2) is 14.6. The van der Waals surface area contributed by atoms with Gasteiger partial charge in [0, 0.05) is 86.9 Å². The van der Waals surface area contributed by atoms with E-state index >= 15 is 4.39 Å². The molecule has 0 amide bonds. The van der Waals surface area contributed by atoms with Gasteiger partial charge < -0.3 is 14.6 Å². The molecule has 4 heterocycles. The molecule has 1 fully saturated rings. The molecule has 1 saturated heterocycles. The van der Waals surface area contributed by atoms with Crippen LogP contribution in [0, 0.1) is 11.6 Å². The van der Waals surface area contributed by atoms with Gasteiger partial charge in [-0.25, -0.2) is 18.7 Å². The van der Waals surface area contributed by atoms with Gasteiger partial charge >= 0.3 is 16.2 Å². The zero-order chi connectivity index (χ0) is 35.5. The zero-order valence-electron chi connectivity index (χ0n) is 28.2. The SMILES string of the molecule is CCN(C)S(=O)(=O)Nc1ccc(F)c(C(=O)c2c[nH]c3ncc(-c4ccc(N5CCN(CCCC(=O)OC(C)(C)C)CC5)nc4)cc23)c1F. The van der Waals surface area contributed by atoms with Crippen LogP contribution in [0.15, 0.2) is 48.9 Å². The minimum absolute atomic E-state index is 0.0265. The van der Waals surface area contributed by atoms with Crippen molar-refractivity contribution in [2.75, 3.05) is 55.9 Å². The van der Waals surface area contributed by atoms with Gasteiger partial charge in [-0.2, -0.15) is 12.7 Å². The van der Waals surface area contributed by atoms with Crippen molar-refractivity contribution in [3.8, 4) is 11.1 Å². The number of hydrogen-bond acceptors (Lipinski definition) is 9. The van der Waals surface area contributed by atoms with Crippen LogP contribution in [0.1, 0.15) is 56.5 Å². The number of ether oxygens (including phenoxy) is 1. The quantitative estimate of drug-likeness (QED) is 0.155. The van der Waals surface area contributed by atoms with E-state index in [2.05, 4.69) is 29.5 Å². The van der Waals surface area contributed by atoms with E-state index in [1.807, 2.05) is 32.9 Å². The molecular weight excluding hydrogens is 656 g/mol. The molecule has 4 aromatic rings. The Morgan fingerprint density at radius 3 is 2.41 bits per heavy atom. The number of pyridine rings is 2. The topological polar surface area (TPSA) is 141 Å². The third-order valence-corrected chi connectivity index (χ3v) is 9.80. The standard InChI is InChI=1S/C34H41F2N7O5S/c1-6-41(5)49(46,47)40-27-11-10-26(35)30(31(27)36)32(45)25-21-39-33-24(25)18-23(20-38-33)22-9-12-28(37-19-22)43-16-14-42(15-17-43)13-7-8-29(44)48-34(2,3)4/h9-12,18-21,40H,6-8,13-17H2,1-5H3,(H,38,39). The number of carbonyl (C=O) groups is 2. The summed E-state index contributed by atoms with van der Waals surface area (Å²) in [5.74, 6) is -2.79. The summed E-state index contributed by atoms with van der Waals surface area (Å²) in [7, 11) is -2.82. The molecule has 0 saturated carbocycles. The monoisotopic (exact) mass is 697 g/mol. The van der Waals surface area contributed by atoms with Crippen molar-refractivity contribution in [3.63, 3.8) is 0 Å². The summed E-state index contributed by atoms with van der Waals surface area (Å²) in [5, 5.41) is 0.338. The molecule has 1 aromatic carbocycles. The lowest BCUT2D eigenvalue weighted by Crippen LogP contribution is -2.47. The lowest BCUT2D eigenvalue weighted by atomic mass is 10.00. The number of H-pyrrole nitrogens is 1. The third-order valence-electron chi connectivity index (χ3n) is 8.24. The normalized spacial score (nSPS) is 14.4. The molecule has 262 valence electrons. The number of esters is 1. The van der Waals surface area contributed by atoms with E-state index < -0.39 is 44.5 Å². The van der Waals surface area contributed by atoms with Gasteiger partial charge in [-0.1, -0.05) is 6.92 Å². The molecule has 2 N–H and O–H groups in total. The average Bonchev–Trinajstić information content (AvgIpc) is 3.49. The molecule has 0 aliphatic carbocycles. The smallest absolute Gasteiger partial charge is 0.306 e. The number of ketones is 1. The van der Waals surface area contributed by atoms with Crippen molar-refractivity contribution in [2.24, 2.45) is 0 Å². The number of nitrogens with zero attached hydrogens (tertiary/aromatic N) is 5. The van der Waals surface area contributed by atoms with Crippen molar-refractivity contribution in [1.82, 2.24) is 24.2 Å². The second-order valence-electron chi connectivity index (χ2n) is 12.9. The number of anilines is 2. The minimum atomic E-state index is -4.12. The molecule has 3 aromatic heterocycles. The maximum absolute atomic E-state index is 15.5. The van der Waals surface area contributed by atoms with Gasteiger partial charge in [-0.15, -0.1) is 0 Å². The molecule has 12 nitrogen and oxygen atoms in total. The predicted molar refractivity (Wildman–Crippen MR) is 184 cm³/mol. The molecule has 1 aliphatic rings. The second-order valence-corrected chi connectivity index (χ2v) is 14.7. The summed E-state index contributed by atoms with van der Waals surface area (Å²) in [4.78, 5) is 42.0. The number of benzene rings is 1. The number of fused-ring (bicyclic) bond motifs is 1. The van der Waals surface area contributed by atoms with Crippen LogP contribution in [-0.2, 0) is 19.7 Å². The number of piperazine rings is 1. The summed E-state index contributed by atoms with van der Waals surface area (Å²) in [6.45, 7) is 11.4. The van der Waals surface area contributed by atoms with E-state index in [-0.39, 0.29) is 18.1 Å². The van der Waals surface area contributed by atoms with Gasteiger partial charge in [-0.05, 0) is 64.1 Å². The van der Waals surface area contributed by atoms with Gasteiger partial charge in [0.05, 0.1) is 11.3 Å². The van der Waals surface area contributed by atoms with Crippen LogP contribution in [0.25, 0.3) is 22.2 Å². The largest absolute Gasteiger partial charge is 0.460 e. The van der Waals surface area contributed by atoms with Crippen molar-refractivity contribution in [3.05, 3.63) is 71.7 Å². The van der Waals surface area contributed by atoms with E-state index in [0.717, 1.165) is 67.0 Å². The van der Waals surface area contributed by atoms with Gasteiger partial charge in [0.2, 0.25) is 5.78 Å². The number of rotatable bonds is 12. The Labute approximate surface area is 284 Å². The first-order valence-corrected chi connectivity index (χ1v) is 17.5. The first kappa shape index (κ1) is 35.8. The Balaban J connectivity index is 1.27. The Hall–Kier alpha value is -4.47. The summed E-state index contributed by atoms with van der Waals surface area (Å²) in [5.41, 5.74) is -0.238. The first-order chi connectivity index (χ1) is 23.2. The first-order valence-electron chi connectivity index (χ1n) is 16.1. The Morgan fingerprint density at radius 2 is 1.76 bits per heavy atom. The maximum atomic E-state index is 15.5. The van der Waals surface area contributed by atoms with Crippen LogP contribution in [0.4, 0.5) is 20.3 Å². The molecule has 0 bridgehead atoms. The van der Waals surface area contributed by atoms with E-state index in [1.165, 1.54) is 13.2 Å². The van der Waals surface area contributed by atoms with Crippen molar-refractivity contribution in [1.29, 1.82) is 0 Å². The van der Waals surface area contributed by atoms with Gasteiger partial charge in [-0.3, -0.25) is 19.2 Å². The van der Waals surface area contributed by atoms with Crippen LogP contribution >= 0.6 is 0 Å². The lowest BCUT2D eigenvalue weighted by Gasteiger charge is -2.35. The van der Waals surface area contributed by atoms with Crippen molar-refractivity contribution >= 4 is 44.5 Å². The van der Waals surface area contributed by atoms with Crippen LogP contribution in [0.3, 0.4) is 0 Å². The molecule has 0 radical (unpaired) electrons. The molecule has 0 atom stereocenters. The number of halogens is 2. The molecular formula is C34H41F2N7O5S. The zero-order valence-corrected chi connectivity index (χ0v) is 29.0. The summed E-state index contributed by atoms with van der Waals surface area (Å²) >= 11 is 0. The third kappa shape index (κ3) is 8.40. The minimum Gasteiger partial charge on any atom is -0.460 e. The molecule has 49 heavy (non-hydrogen) atoms. The number of carbonyl (C=O) groups excluding carboxylic acids is 2. The van der Waals surface area contributed by atoms with Crippen molar-refractivity contribution < 1.29 is 31.5 Å². The highest BCUT2D eigenvalue weighted by Gasteiger charge is 2.27. The number of aromatic nitrogens is 3. The van der Waals surface area contributed by atoms with Crippen LogP contribution in [0.5, 0.6) is 0 Å². The lowest BCUT2D eigenvalue weighted by molar-refractivity contribution is -0.155. The average molecular weight is 698 g/mol. The fourth-order valence-corrected chi connectivity index (χ4v) is 6.43. The summed E-state index contributed by atoms with van der Waals surface area (Å²) in [6, 6.07) is 7.28. The van der Waals surface area contributed by atoms with E-state index in [1.54, 1.807) is 25.4 Å². The van der Waals surface area contributed by atoms with E-state index in [4.69, 9.17) is 4.74 Å². The van der Waals surface area contributed by atoms with E-state index in [9.17, 15) is 22.4 Å². The number of aromatic amines is 1. The Kier molecular flexibility index (Phi) is 10.6. The van der Waals surface area contributed by atoms with Gasteiger partial charge in [0.15, 0.2) is 5.82 Å². The molecule has 1 aliphatic heterocycles. The Bertz CT molecular complexity index is 1940. The van der Waals surface area contributed by atoms with Crippen molar-refractivity contribution in [2.45, 2.75) is 46.1 Å². The van der Waals surface area contributed by atoms with Gasteiger partial charge in [0.25, 0.3) is 0 Å². The van der Waals surface area contributed by atoms with Crippen LogP contribution in [0.2, 0.25) is 0 Å². The number of nitrogens with one attached hydrogen (secondary N) is 2. The Morgan fingerprint density at radius 1 is 1.04 bits per heavy atom. The van der Waals surface area contributed by atoms with Gasteiger partial charge in [0.1, 0.15) is 22.9 Å². The highest BCUT2D eigenvalue weighted by atomic mass is 32.2. The summed E-state index contributed by atoms with van der Waals surface area (Å²) in [6.07, 6.45) is 5.77. The predicted octanol–water partition coefficient (Wildman–Crippen LogP) is 4.99. The molecule has 5 rings (SSSR count). The summed E-state index contributed by atoms with van der Waals surface area (Å²) < 4.78 is 63.8. The fourth-order valence-electron chi connectivity index (χ4n) is 5.49. The highest BCUT2D eigenvalue weighted by Crippen LogP contribution is 2.30. The molecule has 0 unspecified atom stereocenters. The molecule has 0 spiro atoms. The highest BCUT2D eigenvalue weighted by molar-refractivity contribution is 7.90. The fraction of sp³-hybridized carbons (Fsp3) is 0.412. The molecule has 15 heteroatoms. The van der Waals surface area contributed by atoms with Crippen LogP contribution in [-0.4, -0.2) is 96.2 Å².